The highest BCUT2D eigenvalue weighted by Gasteiger charge is 2.15. The van der Waals surface area contributed by atoms with Gasteiger partial charge in [-0.25, -0.2) is 0 Å². The third-order valence-electron chi connectivity index (χ3n) is 3.54. The molecular formula is C16H18N2. The molecule has 2 nitrogen and oxygen atoms in total. The highest BCUT2D eigenvalue weighted by Crippen LogP contribution is 2.30. The van der Waals surface area contributed by atoms with E-state index >= 15 is 0 Å². The van der Waals surface area contributed by atoms with E-state index in [0.29, 0.717) is 0 Å². The summed E-state index contributed by atoms with van der Waals surface area (Å²) in [6.07, 6.45) is 5.83. The van der Waals surface area contributed by atoms with Crippen molar-refractivity contribution in [1.29, 1.82) is 0 Å². The molecule has 0 spiro atoms. The monoisotopic (exact) mass is 238 g/mol. The SMILES string of the molecule is c1ccc(-c2ccccc2N2CCCCC2)nc1. The van der Waals surface area contributed by atoms with Crippen LogP contribution in [0.25, 0.3) is 11.3 Å². The molecule has 0 N–H and O–H groups in total. The van der Waals surface area contributed by atoms with Crippen LogP contribution in [0.5, 0.6) is 0 Å². The lowest BCUT2D eigenvalue weighted by atomic mass is 10.0. The lowest BCUT2D eigenvalue weighted by molar-refractivity contribution is 0.578. The maximum atomic E-state index is 4.48. The Hall–Kier alpha value is -1.83. The molecule has 1 fully saturated rings. The van der Waals surface area contributed by atoms with Gasteiger partial charge in [-0.05, 0) is 37.5 Å². The maximum absolute atomic E-state index is 4.48. The molecule has 2 aromatic rings. The summed E-state index contributed by atoms with van der Waals surface area (Å²) >= 11 is 0. The summed E-state index contributed by atoms with van der Waals surface area (Å²) in [5.41, 5.74) is 3.65. The second kappa shape index (κ2) is 5.21. The Kier molecular flexibility index (Phi) is 3.26. The van der Waals surface area contributed by atoms with Crippen molar-refractivity contribution >= 4 is 5.69 Å². The molecule has 1 saturated heterocycles. The lowest BCUT2D eigenvalue weighted by Gasteiger charge is -2.30. The van der Waals surface area contributed by atoms with Gasteiger partial charge >= 0.3 is 0 Å². The van der Waals surface area contributed by atoms with Gasteiger partial charge in [0.2, 0.25) is 0 Å². The van der Waals surface area contributed by atoms with Crippen molar-refractivity contribution in [2.75, 3.05) is 18.0 Å². The molecule has 3 rings (SSSR count). The van der Waals surface area contributed by atoms with Gasteiger partial charge in [-0.3, -0.25) is 4.98 Å². The molecule has 1 aliphatic rings. The van der Waals surface area contributed by atoms with Gasteiger partial charge in [0.25, 0.3) is 0 Å². The van der Waals surface area contributed by atoms with E-state index in [1.165, 1.54) is 43.6 Å². The van der Waals surface area contributed by atoms with Gasteiger partial charge in [-0.15, -0.1) is 0 Å². The number of pyridine rings is 1. The van der Waals surface area contributed by atoms with Crippen LogP contribution in [0, 0.1) is 0 Å². The van der Waals surface area contributed by atoms with E-state index in [2.05, 4.69) is 46.3 Å². The molecule has 0 aliphatic carbocycles. The van der Waals surface area contributed by atoms with Crippen molar-refractivity contribution < 1.29 is 0 Å². The first-order chi connectivity index (χ1) is 8.95. The van der Waals surface area contributed by atoms with E-state index < -0.39 is 0 Å². The summed E-state index contributed by atoms with van der Waals surface area (Å²) in [6, 6.07) is 14.7. The van der Waals surface area contributed by atoms with E-state index in [-0.39, 0.29) is 0 Å². The largest absolute Gasteiger partial charge is 0.371 e. The molecule has 18 heavy (non-hydrogen) atoms. The Morgan fingerprint density at radius 1 is 0.833 bits per heavy atom. The molecule has 0 radical (unpaired) electrons. The number of nitrogens with zero attached hydrogens (tertiary/aromatic N) is 2. The Morgan fingerprint density at radius 3 is 2.39 bits per heavy atom. The van der Waals surface area contributed by atoms with Crippen molar-refractivity contribution in [2.24, 2.45) is 0 Å². The predicted molar refractivity (Wildman–Crippen MR) is 75.7 cm³/mol. The first kappa shape index (κ1) is 11.3. The first-order valence-corrected chi connectivity index (χ1v) is 6.70. The molecule has 1 aromatic heterocycles. The second-order valence-corrected chi connectivity index (χ2v) is 4.78. The normalized spacial score (nSPS) is 15.7. The van der Waals surface area contributed by atoms with Gasteiger partial charge < -0.3 is 4.90 Å². The smallest absolute Gasteiger partial charge is 0.0722 e. The number of para-hydroxylation sites is 1. The number of hydrogen-bond acceptors (Lipinski definition) is 2. The van der Waals surface area contributed by atoms with E-state index in [4.69, 9.17) is 0 Å². The summed E-state index contributed by atoms with van der Waals surface area (Å²) in [7, 11) is 0. The average Bonchev–Trinajstić information content (AvgIpc) is 2.49. The first-order valence-electron chi connectivity index (χ1n) is 6.70. The summed E-state index contributed by atoms with van der Waals surface area (Å²) < 4.78 is 0. The Morgan fingerprint density at radius 2 is 1.61 bits per heavy atom. The van der Waals surface area contributed by atoms with Crippen molar-refractivity contribution in [3.8, 4) is 11.3 Å². The van der Waals surface area contributed by atoms with E-state index in [9.17, 15) is 0 Å². The van der Waals surface area contributed by atoms with E-state index in [0.717, 1.165) is 5.69 Å². The standard InChI is InChI=1S/C16H18N2/c1-6-12-18(13-7-1)16-10-3-2-8-14(16)15-9-4-5-11-17-15/h2-5,8-11H,1,6-7,12-13H2. The summed E-state index contributed by atoms with van der Waals surface area (Å²) in [5, 5.41) is 0. The van der Waals surface area contributed by atoms with Crippen molar-refractivity contribution in [1.82, 2.24) is 4.98 Å². The molecule has 1 aromatic carbocycles. The van der Waals surface area contributed by atoms with Gasteiger partial charge in [-0.1, -0.05) is 24.3 Å². The number of piperidine rings is 1. The van der Waals surface area contributed by atoms with Crippen LogP contribution in [0.3, 0.4) is 0 Å². The summed E-state index contributed by atoms with van der Waals surface area (Å²) in [6.45, 7) is 2.34. The van der Waals surface area contributed by atoms with Crippen LogP contribution >= 0.6 is 0 Å². The minimum absolute atomic E-state index is 1.07. The van der Waals surface area contributed by atoms with Crippen LogP contribution < -0.4 is 4.90 Å². The van der Waals surface area contributed by atoms with Crippen molar-refractivity contribution in [3.05, 3.63) is 48.7 Å². The average molecular weight is 238 g/mol. The molecule has 0 amide bonds. The minimum Gasteiger partial charge on any atom is -0.371 e. The van der Waals surface area contributed by atoms with Crippen molar-refractivity contribution in [3.63, 3.8) is 0 Å². The van der Waals surface area contributed by atoms with Crippen LogP contribution in [0.4, 0.5) is 5.69 Å². The highest BCUT2D eigenvalue weighted by molar-refractivity contribution is 5.76. The van der Waals surface area contributed by atoms with Crippen LogP contribution in [-0.4, -0.2) is 18.1 Å². The molecular weight excluding hydrogens is 220 g/mol. The fourth-order valence-corrected chi connectivity index (χ4v) is 2.62. The van der Waals surface area contributed by atoms with Gasteiger partial charge in [0, 0.05) is 30.5 Å². The summed E-state index contributed by atoms with van der Waals surface area (Å²) in [4.78, 5) is 6.97. The van der Waals surface area contributed by atoms with Crippen molar-refractivity contribution in [2.45, 2.75) is 19.3 Å². The molecule has 1 aliphatic heterocycles. The molecule has 0 atom stereocenters. The van der Waals surface area contributed by atoms with Gasteiger partial charge in [-0.2, -0.15) is 0 Å². The Bertz CT molecular complexity index is 502. The maximum Gasteiger partial charge on any atom is 0.0722 e. The Labute approximate surface area is 108 Å². The van der Waals surface area contributed by atoms with E-state index in [1.54, 1.807) is 0 Å². The van der Waals surface area contributed by atoms with Crippen LogP contribution in [0.15, 0.2) is 48.7 Å². The zero-order valence-corrected chi connectivity index (χ0v) is 10.5. The highest BCUT2D eigenvalue weighted by atomic mass is 15.1. The molecule has 0 saturated carbocycles. The number of rotatable bonds is 2. The second-order valence-electron chi connectivity index (χ2n) is 4.78. The molecule has 92 valence electrons. The van der Waals surface area contributed by atoms with Gasteiger partial charge in [0.05, 0.1) is 5.69 Å². The Balaban J connectivity index is 1.99. The van der Waals surface area contributed by atoms with E-state index in [1.807, 2.05) is 12.3 Å². The molecule has 2 heterocycles. The molecule has 2 heteroatoms. The summed E-state index contributed by atoms with van der Waals surface area (Å²) in [5.74, 6) is 0. The lowest BCUT2D eigenvalue weighted by Crippen LogP contribution is -2.29. The van der Waals surface area contributed by atoms with Gasteiger partial charge in [0.15, 0.2) is 0 Å². The predicted octanol–water partition coefficient (Wildman–Crippen LogP) is 3.74. The third kappa shape index (κ3) is 2.23. The molecule has 0 unspecified atom stereocenters. The zero-order valence-electron chi connectivity index (χ0n) is 10.5. The van der Waals surface area contributed by atoms with Crippen LogP contribution in [-0.2, 0) is 0 Å². The topological polar surface area (TPSA) is 16.1 Å². The van der Waals surface area contributed by atoms with Gasteiger partial charge in [0.1, 0.15) is 0 Å². The van der Waals surface area contributed by atoms with Crippen LogP contribution in [0.2, 0.25) is 0 Å². The fraction of sp³-hybridized carbons (Fsp3) is 0.312. The quantitative estimate of drug-likeness (QED) is 0.792. The zero-order chi connectivity index (χ0) is 12.2. The fourth-order valence-electron chi connectivity index (χ4n) is 2.62. The number of hydrogen-bond donors (Lipinski definition) is 0. The minimum atomic E-state index is 1.07. The number of aromatic nitrogens is 1. The molecule has 0 bridgehead atoms. The third-order valence-corrected chi connectivity index (χ3v) is 3.54. The number of anilines is 1. The van der Waals surface area contributed by atoms with Crippen LogP contribution in [0.1, 0.15) is 19.3 Å². The number of benzene rings is 1.